The molecular formula is C17H28O2. The largest absolute Gasteiger partial charge is 0.459 e. The van der Waals surface area contributed by atoms with E-state index in [9.17, 15) is 4.79 Å². The first-order valence-corrected chi connectivity index (χ1v) is 7.96. The van der Waals surface area contributed by atoms with Crippen molar-refractivity contribution < 1.29 is 9.53 Å². The van der Waals surface area contributed by atoms with Crippen LogP contribution in [0.5, 0.6) is 0 Å². The molecule has 3 aliphatic rings. The Bertz CT molecular complexity index is 400. The lowest BCUT2D eigenvalue weighted by molar-refractivity contribution is -0.199. The Labute approximate surface area is 117 Å². The van der Waals surface area contributed by atoms with E-state index in [1.165, 1.54) is 32.1 Å². The van der Waals surface area contributed by atoms with Crippen LogP contribution < -0.4 is 0 Å². The molecule has 3 saturated carbocycles. The molecule has 3 fully saturated rings. The van der Waals surface area contributed by atoms with Gasteiger partial charge in [0.1, 0.15) is 5.60 Å². The maximum atomic E-state index is 11.6. The summed E-state index contributed by atoms with van der Waals surface area (Å²) in [7, 11) is 0. The SMILES string of the molecule is CC(=O)OC12CCC[C@@](C)(CC[C@@H]3[C@H]1CC3(C)C)C2. The first-order chi connectivity index (χ1) is 8.77. The number of hydrogen-bond acceptors (Lipinski definition) is 2. The summed E-state index contributed by atoms with van der Waals surface area (Å²) in [6.45, 7) is 8.80. The van der Waals surface area contributed by atoms with Gasteiger partial charge in [0.2, 0.25) is 0 Å². The lowest BCUT2D eigenvalue weighted by atomic mass is 9.49. The van der Waals surface area contributed by atoms with Gasteiger partial charge in [0.15, 0.2) is 0 Å². The molecule has 2 heteroatoms. The van der Waals surface area contributed by atoms with Gasteiger partial charge in [-0.2, -0.15) is 0 Å². The lowest BCUT2D eigenvalue weighted by Gasteiger charge is -2.59. The Morgan fingerprint density at radius 1 is 1.11 bits per heavy atom. The van der Waals surface area contributed by atoms with Crippen LogP contribution in [0.2, 0.25) is 0 Å². The molecule has 0 radical (unpaired) electrons. The van der Waals surface area contributed by atoms with Crippen LogP contribution >= 0.6 is 0 Å². The molecule has 2 bridgehead atoms. The topological polar surface area (TPSA) is 26.3 Å². The molecule has 2 nitrogen and oxygen atoms in total. The minimum Gasteiger partial charge on any atom is -0.459 e. The van der Waals surface area contributed by atoms with Crippen molar-refractivity contribution in [1.82, 2.24) is 0 Å². The predicted octanol–water partition coefficient (Wildman–Crippen LogP) is 4.32. The van der Waals surface area contributed by atoms with Crippen LogP contribution in [-0.2, 0) is 9.53 Å². The zero-order valence-corrected chi connectivity index (χ0v) is 12.9. The molecule has 3 aliphatic carbocycles. The van der Waals surface area contributed by atoms with Crippen molar-refractivity contribution in [3.63, 3.8) is 0 Å². The Balaban J connectivity index is 1.95. The summed E-state index contributed by atoms with van der Waals surface area (Å²) >= 11 is 0. The fourth-order valence-electron chi connectivity index (χ4n) is 5.59. The molecule has 0 aromatic rings. The van der Waals surface area contributed by atoms with E-state index in [4.69, 9.17) is 4.74 Å². The third-order valence-electron chi connectivity index (χ3n) is 6.42. The third-order valence-corrected chi connectivity index (χ3v) is 6.42. The Kier molecular flexibility index (Phi) is 2.82. The molecule has 3 rings (SSSR count). The van der Waals surface area contributed by atoms with Crippen molar-refractivity contribution in [2.75, 3.05) is 0 Å². The number of fused-ring (bicyclic) bond motifs is 4. The fraction of sp³-hybridized carbons (Fsp3) is 0.941. The minimum absolute atomic E-state index is 0.0744. The molecule has 0 N–H and O–H groups in total. The van der Waals surface area contributed by atoms with Gasteiger partial charge in [-0.05, 0) is 61.7 Å². The van der Waals surface area contributed by atoms with Gasteiger partial charge in [-0.1, -0.05) is 20.8 Å². The van der Waals surface area contributed by atoms with E-state index in [-0.39, 0.29) is 11.6 Å². The van der Waals surface area contributed by atoms with Crippen LogP contribution in [0.1, 0.15) is 72.6 Å². The van der Waals surface area contributed by atoms with Crippen LogP contribution in [0.4, 0.5) is 0 Å². The molecule has 0 amide bonds. The van der Waals surface area contributed by atoms with Crippen molar-refractivity contribution in [2.24, 2.45) is 22.7 Å². The molecule has 0 aromatic carbocycles. The first-order valence-electron chi connectivity index (χ1n) is 7.96. The Hall–Kier alpha value is -0.530. The smallest absolute Gasteiger partial charge is 0.303 e. The van der Waals surface area contributed by atoms with E-state index in [0.717, 1.165) is 18.8 Å². The minimum atomic E-state index is -0.129. The van der Waals surface area contributed by atoms with Crippen molar-refractivity contribution in [3.8, 4) is 0 Å². The monoisotopic (exact) mass is 264 g/mol. The molecule has 0 aliphatic heterocycles. The van der Waals surface area contributed by atoms with Gasteiger partial charge in [0, 0.05) is 12.8 Å². The zero-order valence-electron chi connectivity index (χ0n) is 12.9. The van der Waals surface area contributed by atoms with Crippen LogP contribution in [-0.4, -0.2) is 11.6 Å². The maximum Gasteiger partial charge on any atom is 0.303 e. The number of hydrogen-bond donors (Lipinski definition) is 0. The molecule has 4 atom stereocenters. The maximum absolute atomic E-state index is 11.6. The van der Waals surface area contributed by atoms with Gasteiger partial charge < -0.3 is 4.74 Å². The second-order valence-corrected chi connectivity index (χ2v) is 8.44. The molecule has 0 spiro atoms. The number of carbonyl (C=O) groups is 1. The quantitative estimate of drug-likeness (QED) is 0.659. The second-order valence-electron chi connectivity index (χ2n) is 8.44. The molecule has 19 heavy (non-hydrogen) atoms. The molecular weight excluding hydrogens is 236 g/mol. The van der Waals surface area contributed by atoms with Gasteiger partial charge in [-0.3, -0.25) is 4.79 Å². The highest BCUT2D eigenvalue weighted by molar-refractivity contribution is 5.66. The van der Waals surface area contributed by atoms with Crippen molar-refractivity contribution in [1.29, 1.82) is 0 Å². The molecule has 0 saturated heterocycles. The first kappa shape index (κ1) is 13.5. The van der Waals surface area contributed by atoms with Gasteiger partial charge in [-0.15, -0.1) is 0 Å². The van der Waals surface area contributed by atoms with Crippen LogP contribution in [0.25, 0.3) is 0 Å². The second kappa shape index (κ2) is 3.99. The van der Waals surface area contributed by atoms with Crippen LogP contribution in [0.15, 0.2) is 0 Å². The standard InChI is InChI=1S/C17H28O2/c1-12(18)19-17-8-5-7-16(4,11-17)9-6-13-14(17)10-15(13,2)3/h13-14H,5-11H2,1-4H3/t13-,14-,16+,17?/m1/s1. The van der Waals surface area contributed by atoms with Crippen molar-refractivity contribution >= 4 is 5.97 Å². The summed E-state index contributed by atoms with van der Waals surface area (Å²) in [5.41, 5.74) is 0.724. The van der Waals surface area contributed by atoms with E-state index in [0.29, 0.717) is 16.7 Å². The number of ether oxygens (including phenoxy) is 1. The third kappa shape index (κ3) is 2.02. The van der Waals surface area contributed by atoms with E-state index in [1.807, 2.05) is 0 Å². The summed E-state index contributed by atoms with van der Waals surface area (Å²) < 4.78 is 5.98. The van der Waals surface area contributed by atoms with E-state index < -0.39 is 0 Å². The van der Waals surface area contributed by atoms with Gasteiger partial charge in [0.05, 0.1) is 0 Å². The van der Waals surface area contributed by atoms with Crippen molar-refractivity contribution in [3.05, 3.63) is 0 Å². The summed E-state index contributed by atoms with van der Waals surface area (Å²) in [4.78, 5) is 11.6. The van der Waals surface area contributed by atoms with Gasteiger partial charge in [-0.25, -0.2) is 0 Å². The number of rotatable bonds is 1. The zero-order chi connectivity index (χ0) is 13.9. The summed E-state index contributed by atoms with van der Waals surface area (Å²) in [5.74, 6) is 1.30. The average molecular weight is 264 g/mol. The molecule has 1 unspecified atom stereocenters. The number of carbonyl (C=O) groups excluding carboxylic acids is 1. The number of esters is 1. The lowest BCUT2D eigenvalue weighted by Crippen LogP contribution is -2.57. The predicted molar refractivity (Wildman–Crippen MR) is 75.7 cm³/mol. The van der Waals surface area contributed by atoms with Crippen molar-refractivity contribution in [2.45, 2.75) is 78.2 Å². The molecule has 108 valence electrons. The molecule has 0 heterocycles. The van der Waals surface area contributed by atoms with E-state index in [2.05, 4.69) is 20.8 Å². The summed E-state index contributed by atoms with van der Waals surface area (Å²) in [6.07, 6.45) is 8.64. The Morgan fingerprint density at radius 3 is 2.47 bits per heavy atom. The highest BCUT2D eigenvalue weighted by atomic mass is 16.6. The van der Waals surface area contributed by atoms with Crippen LogP contribution in [0.3, 0.4) is 0 Å². The highest BCUT2D eigenvalue weighted by Gasteiger charge is 2.62. The Morgan fingerprint density at radius 2 is 1.84 bits per heavy atom. The highest BCUT2D eigenvalue weighted by Crippen LogP contribution is 2.65. The van der Waals surface area contributed by atoms with Crippen LogP contribution in [0, 0.1) is 22.7 Å². The van der Waals surface area contributed by atoms with Gasteiger partial charge in [0.25, 0.3) is 0 Å². The summed E-state index contributed by atoms with van der Waals surface area (Å²) in [5, 5.41) is 0. The fourth-order valence-corrected chi connectivity index (χ4v) is 5.59. The van der Waals surface area contributed by atoms with E-state index >= 15 is 0 Å². The average Bonchev–Trinajstić information content (AvgIpc) is 2.30. The van der Waals surface area contributed by atoms with Gasteiger partial charge >= 0.3 is 5.97 Å². The summed E-state index contributed by atoms with van der Waals surface area (Å²) in [6, 6.07) is 0. The molecule has 0 aromatic heterocycles. The normalized spacial score (nSPS) is 47.6. The van der Waals surface area contributed by atoms with E-state index in [1.54, 1.807) is 6.92 Å².